The van der Waals surface area contributed by atoms with Gasteiger partial charge in [-0.25, -0.2) is 9.59 Å². The van der Waals surface area contributed by atoms with Crippen molar-refractivity contribution < 1.29 is 42.1 Å². The SMILES string of the molecule is O=C(O)Oc1c(OC(=O)C(F)(F)F)c2c([nH]c1=O)-c1ccc(N3C[C@@H]4C(N(Cc5ccccc5)Cc5ccccc5)[C@@H]4C3)cc1OCC2. The molecule has 2 fully saturated rings. The zero-order chi connectivity index (χ0) is 33.6. The maximum Gasteiger partial charge on any atom is 0.511 e. The highest BCUT2D eigenvalue weighted by Gasteiger charge is 2.58. The molecule has 1 saturated heterocycles. The molecule has 3 heterocycles. The molecule has 1 saturated carbocycles. The van der Waals surface area contributed by atoms with Crippen LogP contribution in [0.3, 0.4) is 0 Å². The third-order valence-corrected chi connectivity index (χ3v) is 9.08. The van der Waals surface area contributed by atoms with Gasteiger partial charge in [-0.15, -0.1) is 0 Å². The third-order valence-electron chi connectivity index (χ3n) is 9.08. The Bertz CT molecular complexity index is 1860. The van der Waals surface area contributed by atoms with Crippen molar-refractivity contribution in [2.24, 2.45) is 11.8 Å². The molecule has 48 heavy (non-hydrogen) atoms. The number of rotatable bonds is 8. The van der Waals surface area contributed by atoms with E-state index in [1.807, 2.05) is 24.3 Å². The Morgan fingerprint density at radius 1 is 0.917 bits per heavy atom. The van der Waals surface area contributed by atoms with Gasteiger partial charge in [0.15, 0.2) is 5.75 Å². The Hall–Kier alpha value is -5.30. The second kappa shape index (κ2) is 12.4. The maximum atomic E-state index is 13.1. The van der Waals surface area contributed by atoms with Crippen molar-refractivity contribution in [1.82, 2.24) is 9.88 Å². The molecule has 1 aliphatic carbocycles. The number of aromatic amines is 1. The molecule has 1 aromatic heterocycles. The van der Waals surface area contributed by atoms with Crippen LogP contribution in [-0.2, 0) is 24.3 Å². The van der Waals surface area contributed by atoms with Gasteiger partial charge in [0.05, 0.1) is 12.3 Å². The van der Waals surface area contributed by atoms with E-state index >= 15 is 0 Å². The number of piperidine rings is 1. The zero-order valence-electron chi connectivity index (χ0n) is 25.4. The van der Waals surface area contributed by atoms with E-state index in [2.05, 4.69) is 72.8 Å². The second-order valence-corrected chi connectivity index (χ2v) is 12.1. The average molecular weight is 662 g/mol. The first kappa shape index (κ1) is 31.3. The fraction of sp³-hybridized carbons (Fsp3) is 0.286. The smallest absolute Gasteiger partial charge is 0.492 e. The number of hydrogen-bond acceptors (Lipinski definition) is 8. The lowest BCUT2D eigenvalue weighted by Crippen LogP contribution is -2.34. The van der Waals surface area contributed by atoms with Gasteiger partial charge >= 0.3 is 18.3 Å². The summed E-state index contributed by atoms with van der Waals surface area (Å²) in [6, 6.07) is 26.6. The molecule has 0 amide bonds. The first-order chi connectivity index (χ1) is 23.1. The van der Waals surface area contributed by atoms with E-state index in [9.17, 15) is 27.6 Å². The normalized spacial score (nSPS) is 19.4. The van der Waals surface area contributed by atoms with Crippen LogP contribution in [-0.4, -0.2) is 59.0 Å². The molecule has 248 valence electrons. The molecule has 3 aliphatic rings. The van der Waals surface area contributed by atoms with Crippen molar-refractivity contribution in [3.05, 3.63) is 106 Å². The lowest BCUT2D eigenvalue weighted by molar-refractivity contribution is -0.189. The Morgan fingerprint density at radius 2 is 1.54 bits per heavy atom. The van der Waals surface area contributed by atoms with E-state index < -0.39 is 35.4 Å². The number of benzene rings is 3. The van der Waals surface area contributed by atoms with Crippen molar-refractivity contribution in [1.29, 1.82) is 0 Å². The summed E-state index contributed by atoms with van der Waals surface area (Å²) < 4.78 is 54.3. The predicted octanol–water partition coefficient (Wildman–Crippen LogP) is 5.64. The molecule has 10 nitrogen and oxygen atoms in total. The summed E-state index contributed by atoms with van der Waals surface area (Å²) in [6.45, 7) is 3.29. The number of carboxylic acid groups (broad SMARTS) is 1. The van der Waals surface area contributed by atoms with Crippen LogP contribution in [0.15, 0.2) is 83.7 Å². The van der Waals surface area contributed by atoms with E-state index in [4.69, 9.17) is 9.84 Å². The molecule has 0 radical (unpaired) electrons. The number of nitrogens with one attached hydrogen (secondary N) is 1. The molecule has 3 aromatic carbocycles. The number of pyridine rings is 1. The Labute approximate surface area is 272 Å². The number of aromatic nitrogens is 1. The lowest BCUT2D eigenvalue weighted by atomic mass is 10.0. The van der Waals surface area contributed by atoms with E-state index in [0.717, 1.165) is 31.9 Å². The molecular weight excluding hydrogens is 631 g/mol. The van der Waals surface area contributed by atoms with Gasteiger partial charge in [-0.05, 0) is 35.1 Å². The van der Waals surface area contributed by atoms with Crippen LogP contribution in [0.5, 0.6) is 17.2 Å². The lowest BCUT2D eigenvalue weighted by Gasteiger charge is -2.29. The summed E-state index contributed by atoms with van der Waals surface area (Å²) in [6.07, 6.45) is -7.48. The van der Waals surface area contributed by atoms with Crippen LogP contribution < -0.4 is 24.7 Å². The molecule has 3 atom stereocenters. The number of H-pyrrole nitrogens is 1. The number of nitrogens with zero attached hydrogens (tertiary/aromatic N) is 2. The predicted molar refractivity (Wildman–Crippen MR) is 167 cm³/mol. The van der Waals surface area contributed by atoms with Gasteiger partial charge in [-0.3, -0.25) is 9.69 Å². The van der Waals surface area contributed by atoms with Crippen molar-refractivity contribution >= 4 is 17.8 Å². The standard InChI is InChI=1S/C35H30F3N3O7/c36-35(37,38)33(43)47-30-24-13-14-46-27-15-22(11-12-23(27)28(24)39-32(42)31(30)48-34(44)45)40-18-25-26(19-40)29(25)41(16-20-7-3-1-4-8-20)17-21-9-5-2-6-10-21/h1-12,15,25-26,29H,13-14,16-19H2,(H,39,42)(H,44,45)/t25-,26+,29?. The number of alkyl halides is 3. The molecule has 2 aliphatic heterocycles. The Kier molecular flexibility index (Phi) is 8.07. The van der Waals surface area contributed by atoms with Gasteiger partial charge in [-0.2, -0.15) is 13.2 Å². The van der Waals surface area contributed by atoms with E-state index in [-0.39, 0.29) is 24.3 Å². The summed E-state index contributed by atoms with van der Waals surface area (Å²) in [5.74, 6) is -3.31. The number of esters is 1. The van der Waals surface area contributed by atoms with Gasteiger partial charge < -0.3 is 29.2 Å². The van der Waals surface area contributed by atoms with E-state index in [0.29, 0.717) is 29.2 Å². The monoisotopic (exact) mass is 661 g/mol. The molecule has 4 aromatic rings. The van der Waals surface area contributed by atoms with Crippen LogP contribution >= 0.6 is 0 Å². The molecule has 0 bridgehead atoms. The average Bonchev–Trinajstić information content (AvgIpc) is 3.62. The summed E-state index contributed by atoms with van der Waals surface area (Å²) >= 11 is 0. The minimum atomic E-state index is -5.40. The van der Waals surface area contributed by atoms with Gasteiger partial charge in [0, 0.05) is 61.5 Å². The highest BCUT2D eigenvalue weighted by Crippen LogP contribution is 2.51. The van der Waals surface area contributed by atoms with E-state index in [1.165, 1.54) is 11.1 Å². The van der Waals surface area contributed by atoms with Crippen molar-refractivity contribution in [3.8, 4) is 28.5 Å². The summed E-state index contributed by atoms with van der Waals surface area (Å²) in [5.41, 5.74) is 2.55. The summed E-state index contributed by atoms with van der Waals surface area (Å²) in [5, 5.41) is 9.09. The minimum Gasteiger partial charge on any atom is -0.492 e. The third kappa shape index (κ3) is 6.20. The largest absolute Gasteiger partial charge is 0.511 e. The zero-order valence-corrected chi connectivity index (χ0v) is 25.4. The fourth-order valence-electron chi connectivity index (χ4n) is 6.95. The molecule has 0 spiro atoms. The van der Waals surface area contributed by atoms with Gasteiger partial charge in [-0.1, -0.05) is 60.7 Å². The van der Waals surface area contributed by atoms with Gasteiger partial charge in [0.2, 0.25) is 5.75 Å². The van der Waals surface area contributed by atoms with Crippen LogP contribution in [0.4, 0.5) is 23.7 Å². The van der Waals surface area contributed by atoms with Crippen molar-refractivity contribution in [3.63, 3.8) is 0 Å². The summed E-state index contributed by atoms with van der Waals surface area (Å²) in [7, 11) is 0. The minimum absolute atomic E-state index is 0.0450. The van der Waals surface area contributed by atoms with Crippen LogP contribution in [0.1, 0.15) is 16.7 Å². The molecule has 7 rings (SSSR count). The number of anilines is 1. The fourth-order valence-corrected chi connectivity index (χ4v) is 6.95. The number of hydrogen-bond donors (Lipinski definition) is 2. The topological polar surface area (TPSA) is 121 Å². The molecule has 13 heteroatoms. The quantitative estimate of drug-likeness (QED) is 0.231. The van der Waals surface area contributed by atoms with Crippen LogP contribution in [0.25, 0.3) is 11.3 Å². The maximum absolute atomic E-state index is 13.1. The molecular formula is C35H30F3N3O7. The summed E-state index contributed by atoms with van der Waals surface area (Å²) in [4.78, 5) is 43.2. The van der Waals surface area contributed by atoms with Crippen LogP contribution in [0.2, 0.25) is 0 Å². The first-order valence-electron chi connectivity index (χ1n) is 15.4. The second-order valence-electron chi connectivity index (χ2n) is 12.1. The van der Waals surface area contributed by atoms with Gasteiger partial charge in [0.1, 0.15) is 5.75 Å². The number of halogens is 3. The number of fused-ring (bicyclic) bond motifs is 4. The molecule has 2 N–H and O–H groups in total. The number of carbonyl (C=O) groups is 2. The van der Waals surface area contributed by atoms with Gasteiger partial charge in [0.25, 0.3) is 5.56 Å². The van der Waals surface area contributed by atoms with Crippen molar-refractivity contribution in [2.45, 2.75) is 31.7 Å². The number of ether oxygens (including phenoxy) is 3. The first-order valence-corrected chi connectivity index (χ1v) is 15.4. The van der Waals surface area contributed by atoms with Crippen molar-refractivity contribution in [2.75, 3.05) is 24.6 Å². The number of carbonyl (C=O) groups excluding carboxylic acids is 1. The Balaban J connectivity index is 1.13. The van der Waals surface area contributed by atoms with E-state index in [1.54, 1.807) is 6.07 Å². The Morgan fingerprint density at radius 3 is 2.12 bits per heavy atom. The highest BCUT2D eigenvalue weighted by atomic mass is 19.4. The molecule has 1 unspecified atom stereocenters. The van der Waals surface area contributed by atoms with Crippen LogP contribution in [0, 0.1) is 11.8 Å². The highest BCUT2D eigenvalue weighted by molar-refractivity contribution is 5.82.